The summed E-state index contributed by atoms with van der Waals surface area (Å²) in [6, 6.07) is 12.2. The molecule has 0 spiro atoms. The van der Waals surface area contributed by atoms with Crippen molar-refractivity contribution in [3.63, 3.8) is 0 Å². The smallest absolute Gasteiger partial charge is 0.0994 e. The molecule has 96 valence electrons. The summed E-state index contributed by atoms with van der Waals surface area (Å²) in [5.41, 5.74) is 1.84. The van der Waals surface area contributed by atoms with Gasteiger partial charge in [0.2, 0.25) is 0 Å². The molecule has 0 aliphatic heterocycles. The van der Waals surface area contributed by atoms with Gasteiger partial charge in [0.15, 0.2) is 0 Å². The Bertz CT molecular complexity index is 384. The molecule has 1 nitrogen and oxygen atoms in total. The van der Waals surface area contributed by atoms with Crippen LogP contribution in [0.2, 0.25) is 0 Å². The zero-order valence-electron chi connectivity index (χ0n) is 11.4. The second-order valence-electron chi connectivity index (χ2n) is 4.65. The van der Waals surface area contributed by atoms with Gasteiger partial charge in [0.05, 0.1) is 11.6 Å². The Hall–Kier alpha value is -1.55. The van der Waals surface area contributed by atoms with E-state index in [0.29, 0.717) is 0 Å². The highest BCUT2D eigenvalue weighted by atomic mass is 14.2. The van der Waals surface area contributed by atoms with E-state index in [0.717, 1.165) is 17.6 Å². The van der Waals surface area contributed by atoms with Crippen LogP contribution in [0.25, 0.3) is 5.57 Å². The maximum absolute atomic E-state index is 9.13. The average Bonchev–Trinajstić information content (AvgIpc) is 2.43. The molecule has 0 amide bonds. The summed E-state index contributed by atoms with van der Waals surface area (Å²) in [5.74, 6) is 0. The van der Waals surface area contributed by atoms with Crippen LogP contribution in [-0.2, 0) is 0 Å². The van der Waals surface area contributed by atoms with E-state index in [4.69, 9.17) is 5.26 Å². The van der Waals surface area contributed by atoms with Crippen LogP contribution < -0.4 is 0 Å². The van der Waals surface area contributed by atoms with E-state index < -0.39 is 0 Å². The van der Waals surface area contributed by atoms with Crippen LogP contribution in [0.4, 0.5) is 0 Å². The molecular weight excluding hydrogens is 218 g/mol. The van der Waals surface area contributed by atoms with Gasteiger partial charge in [-0.2, -0.15) is 5.26 Å². The van der Waals surface area contributed by atoms with Crippen LogP contribution in [0.3, 0.4) is 0 Å². The zero-order chi connectivity index (χ0) is 13.1. The van der Waals surface area contributed by atoms with Gasteiger partial charge < -0.3 is 0 Å². The molecule has 0 aromatic heterocycles. The van der Waals surface area contributed by atoms with Crippen LogP contribution in [0, 0.1) is 11.3 Å². The molecule has 0 unspecified atom stereocenters. The van der Waals surface area contributed by atoms with Gasteiger partial charge in [0, 0.05) is 0 Å². The van der Waals surface area contributed by atoms with Crippen molar-refractivity contribution in [3.8, 4) is 6.07 Å². The summed E-state index contributed by atoms with van der Waals surface area (Å²) >= 11 is 0. The fourth-order valence-corrected chi connectivity index (χ4v) is 2.02. The van der Waals surface area contributed by atoms with Crippen molar-refractivity contribution < 1.29 is 0 Å². The maximum Gasteiger partial charge on any atom is 0.0994 e. The Balaban J connectivity index is 2.30. The Morgan fingerprint density at radius 1 is 1.06 bits per heavy atom. The maximum atomic E-state index is 9.13. The summed E-state index contributed by atoms with van der Waals surface area (Å²) in [6.07, 6.45) is 10.9. The Morgan fingerprint density at radius 2 is 1.72 bits per heavy atom. The average molecular weight is 241 g/mol. The van der Waals surface area contributed by atoms with E-state index in [9.17, 15) is 0 Å². The summed E-state index contributed by atoms with van der Waals surface area (Å²) in [7, 11) is 0. The summed E-state index contributed by atoms with van der Waals surface area (Å²) < 4.78 is 0. The quantitative estimate of drug-likeness (QED) is 0.445. The van der Waals surface area contributed by atoms with Crippen molar-refractivity contribution >= 4 is 5.57 Å². The van der Waals surface area contributed by atoms with Gasteiger partial charge in [-0.3, -0.25) is 0 Å². The lowest BCUT2D eigenvalue weighted by atomic mass is 10.0. The predicted molar refractivity (Wildman–Crippen MR) is 78.0 cm³/mol. The first-order chi connectivity index (χ1) is 8.88. The molecule has 1 aromatic rings. The Labute approximate surface area is 111 Å². The summed E-state index contributed by atoms with van der Waals surface area (Å²) in [6.45, 7) is 2.24. The first kappa shape index (κ1) is 14.5. The number of rotatable bonds is 8. The monoisotopic (exact) mass is 241 g/mol. The van der Waals surface area contributed by atoms with E-state index in [1.165, 1.54) is 38.5 Å². The highest BCUT2D eigenvalue weighted by Crippen LogP contribution is 2.15. The number of allylic oxidation sites excluding steroid dienone is 2. The minimum atomic E-state index is 0.809. The molecule has 0 radical (unpaired) electrons. The minimum Gasteiger partial charge on any atom is -0.192 e. The minimum absolute atomic E-state index is 0.809. The fourth-order valence-electron chi connectivity index (χ4n) is 2.02. The fraction of sp³-hybridized carbons (Fsp3) is 0.471. The van der Waals surface area contributed by atoms with Gasteiger partial charge in [0.25, 0.3) is 0 Å². The summed E-state index contributed by atoms with van der Waals surface area (Å²) in [4.78, 5) is 0. The third kappa shape index (κ3) is 5.68. The van der Waals surface area contributed by atoms with Gasteiger partial charge in [-0.25, -0.2) is 0 Å². The van der Waals surface area contributed by atoms with Gasteiger partial charge in [0.1, 0.15) is 0 Å². The van der Waals surface area contributed by atoms with Gasteiger partial charge in [-0.1, -0.05) is 75.4 Å². The van der Waals surface area contributed by atoms with E-state index in [1.54, 1.807) is 0 Å². The molecule has 1 aromatic carbocycles. The van der Waals surface area contributed by atoms with E-state index in [-0.39, 0.29) is 0 Å². The van der Waals surface area contributed by atoms with Gasteiger partial charge >= 0.3 is 0 Å². The summed E-state index contributed by atoms with van der Waals surface area (Å²) in [5, 5.41) is 9.13. The normalized spacial score (nSPS) is 11.2. The highest BCUT2D eigenvalue weighted by Gasteiger charge is 1.98. The largest absolute Gasteiger partial charge is 0.192 e. The molecule has 1 rings (SSSR count). The molecule has 18 heavy (non-hydrogen) atoms. The third-order valence-electron chi connectivity index (χ3n) is 3.11. The van der Waals surface area contributed by atoms with Crippen LogP contribution in [-0.4, -0.2) is 0 Å². The van der Waals surface area contributed by atoms with Crippen molar-refractivity contribution in [1.29, 1.82) is 5.26 Å². The van der Waals surface area contributed by atoms with E-state index in [1.807, 2.05) is 30.3 Å². The molecule has 0 aliphatic rings. The molecule has 0 saturated carbocycles. The van der Waals surface area contributed by atoms with Crippen LogP contribution in [0.5, 0.6) is 0 Å². The molecule has 0 bridgehead atoms. The number of hydrogen-bond acceptors (Lipinski definition) is 1. The molecule has 0 heterocycles. The predicted octanol–water partition coefficient (Wildman–Crippen LogP) is 5.34. The second-order valence-corrected chi connectivity index (χ2v) is 4.65. The van der Waals surface area contributed by atoms with E-state index >= 15 is 0 Å². The van der Waals surface area contributed by atoms with Crippen LogP contribution in [0.1, 0.15) is 57.4 Å². The lowest BCUT2D eigenvalue weighted by Gasteiger charge is -2.00. The Kier molecular flexibility index (Phi) is 7.64. The highest BCUT2D eigenvalue weighted by molar-refractivity contribution is 5.76. The first-order valence-corrected chi connectivity index (χ1v) is 7.04. The van der Waals surface area contributed by atoms with Crippen LogP contribution in [0.15, 0.2) is 36.4 Å². The molecular formula is C17H23N. The topological polar surface area (TPSA) is 23.8 Å². The zero-order valence-corrected chi connectivity index (χ0v) is 11.4. The number of unbranched alkanes of at least 4 members (excludes halogenated alkanes) is 6. The standard InChI is InChI=1S/C17H23N/c1-2-3-4-5-6-7-9-14-17(15-18)16-12-10-8-11-13-16/h8,10-14H,2-7,9H2,1H3. The van der Waals surface area contributed by atoms with Crippen molar-refractivity contribution in [2.24, 2.45) is 0 Å². The lowest BCUT2D eigenvalue weighted by Crippen LogP contribution is -1.82. The number of nitrogens with zero attached hydrogens (tertiary/aromatic N) is 1. The van der Waals surface area contributed by atoms with Crippen molar-refractivity contribution in [2.45, 2.75) is 51.9 Å². The van der Waals surface area contributed by atoms with Crippen molar-refractivity contribution in [2.75, 3.05) is 0 Å². The van der Waals surface area contributed by atoms with Crippen molar-refractivity contribution in [3.05, 3.63) is 42.0 Å². The van der Waals surface area contributed by atoms with Crippen LogP contribution >= 0.6 is 0 Å². The number of hydrogen-bond donors (Lipinski definition) is 0. The lowest BCUT2D eigenvalue weighted by molar-refractivity contribution is 0.611. The van der Waals surface area contributed by atoms with Crippen molar-refractivity contribution in [1.82, 2.24) is 0 Å². The molecule has 0 fully saturated rings. The first-order valence-electron chi connectivity index (χ1n) is 7.04. The molecule has 1 heteroatoms. The Morgan fingerprint density at radius 3 is 2.39 bits per heavy atom. The molecule has 0 aliphatic carbocycles. The number of nitriles is 1. The molecule has 0 saturated heterocycles. The van der Waals surface area contributed by atoms with E-state index in [2.05, 4.69) is 19.1 Å². The van der Waals surface area contributed by atoms with Gasteiger partial charge in [-0.05, 0) is 18.4 Å². The third-order valence-corrected chi connectivity index (χ3v) is 3.11. The second kappa shape index (κ2) is 9.48. The molecule has 0 atom stereocenters. The van der Waals surface area contributed by atoms with Gasteiger partial charge in [-0.15, -0.1) is 0 Å². The SMILES string of the molecule is CCCCCCCCC=C(C#N)c1ccccc1. The molecule has 0 N–H and O–H groups in total. The number of benzene rings is 1.